The summed E-state index contributed by atoms with van der Waals surface area (Å²) >= 11 is 6.34. The Bertz CT molecular complexity index is 1540. The molecule has 174 valence electrons. The third-order valence-corrected chi connectivity index (χ3v) is 6.65. The SMILES string of the molecule is Cc1ccc(C(O)(c2ccc3c(c2)C(c2cccc(Cl)c2)n2nnnc2N3)c2nncn2C)cc1. The second-order valence-corrected chi connectivity index (χ2v) is 9.11. The highest BCUT2D eigenvalue weighted by Gasteiger charge is 2.40. The van der Waals surface area contributed by atoms with Crippen LogP contribution in [0.4, 0.5) is 11.6 Å². The molecule has 2 aromatic heterocycles. The zero-order valence-electron chi connectivity index (χ0n) is 19.0. The molecule has 6 rings (SSSR count). The number of halogens is 1. The summed E-state index contributed by atoms with van der Waals surface area (Å²) in [4.78, 5) is 0. The van der Waals surface area contributed by atoms with Crippen molar-refractivity contribution in [1.82, 2.24) is 35.0 Å². The maximum Gasteiger partial charge on any atom is 0.248 e. The lowest BCUT2D eigenvalue weighted by atomic mass is 9.82. The van der Waals surface area contributed by atoms with Crippen LogP contribution in [-0.4, -0.2) is 40.1 Å². The number of hydrogen-bond acceptors (Lipinski definition) is 7. The Morgan fingerprint density at radius 1 is 1.00 bits per heavy atom. The van der Waals surface area contributed by atoms with Crippen LogP contribution in [-0.2, 0) is 12.6 Å². The summed E-state index contributed by atoms with van der Waals surface area (Å²) in [6, 6.07) is 20.8. The van der Waals surface area contributed by atoms with E-state index in [1.54, 1.807) is 15.6 Å². The summed E-state index contributed by atoms with van der Waals surface area (Å²) in [6.45, 7) is 2.01. The molecule has 2 atom stereocenters. The predicted molar refractivity (Wildman–Crippen MR) is 131 cm³/mol. The first kappa shape index (κ1) is 21.5. The summed E-state index contributed by atoms with van der Waals surface area (Å²) < 4.78 is 3.44. The molecule has 0 radical (unpaired) electrons. The first-order valence-electron chi connectivity index (χ1n) is 11.0. The number of nitrogens with zero attached hydrogens (tertiary/aromatic N) is 7. The molecule has 1 aliphatic rings. The van der Waals surface area contributed by atoms with Crippen LogP contribution in [0.2, 0.25) is 5.02 Å². The fraction of sp³-hybridized carbons (Fsp3) is 0.160. The molecule has 3 aromatic carbocycles. The van der Waals surface area contributed by atoms with Gasteiger partial charge < -0.3 is 15.0 Å². The van der Waals surface area contributed by atoms with E-state index in [2.05, 4.69) is 31.0 Å². The van der Waals surface area contributed by atoms with Crippen molar-refractivity contribution in [2.24, 2.45) is 7.05 Å². The van der Waals surface area contributed by atoms with Gasteiger partial charge in [-0.3, -0.25) is 0 Å². The minimum absolute atomic E-state index is 0.350. The van der Waals surface area contributed by atoms with E-state index in [4.69, 9.17) is 11.6 Å². The van der Waals surface area contributed by atoms with Crippen molar-refractivity contribution in [1.29, 1.82) is 0 Å². The molecule has 3 heterocycles. The normalized spacial score (nSPS) is 16.2. The Balaban J connectivity index is 1.58. The van der Waals surface area contributed by atoms with Gasteiger partial charge in [0.1, 0.15) is 12.4 Å². The van der Waals surface area contributed by atoms with Gasteiger partial charge in [-0.2, -0.15) is 4.68 Å². The van der Waals surface area contributed by atoms with Crippen molar-refractivity contribution in [2.45, 2.75) is 18.6 Å². The third-order valence-electron chi connectivity index (χ3n) is 6.42. The Hall–Kier alpha value is -4.08. The Kier molecular flexibility index (Phi) is 4.91. The maximum absolute atomic E-state index is 12.3. The van der Waals surface area contributed by atoms with Gasteiger partial charge in [-0.1, -0.05) is 64.7 Å². The molecule has 2 unspecified atom stereocenters. The molecule has 35 heavy (non-hydrogen) atoms. The molecule has 0 spiro atoms. The molecule has 0 aliphatic carbocycles. The summed E-state index contributed by atoms with van der Waals surface area (Å²) in [7, 11) is 1.82. The van der Waals surface area contributed by atoms with Gasteiger partial charge in [0, 0.05) is 23.3 Å². The largest absolute Gasteiger partial charge is 0.373 e. The van der Waals surface area contributed by atoms with Crippen molar-refractivity contribution in [3.63, 3.8) is 0 Å². The van der Waals surface area contributed by atoms with Gasteiger partial charge in [0.15, 0.2) is 11.4 Å². The van der Waals surface area contributed by atoms with E-state index >= 15 is 0 Å². The zero-order valence-corrected chi connectivity index (χ0v) is 19.7. The average molecular weight is 485 g/mol. The third kappa shape index (κ3) is 3.39. The summed E-state index contributed by atoms with van der Waals surface area (Å²) in [5.74, 6) is 0.935. The standard InChI is InChI=1S/C25H21ClN8O/c1-15-6-8-17(9-7-15)25(35,23-29-27-14-33(23)2)18-10-11-21-20(13-18)22(16-4-3-5-19(26)12-16)34-24(28-21)30-31-32-34/h3-14,22,35H,1-2H3,(H,28,30,32). The van der Waals surface area contributed by atoms with Gasteiger partial charge in [0.25, 0.3) is 0 Å². The van der Waals surface area contributed by atoms with E-state index in [0.717, 1.165) is 22.4 Å². The molecule has 1 aliphatic heterocycles. The molecule has 9 nitrogen and oxygen atoms in total. The Labute approximate surface area is 206 Å². The van der Waals surface area contributed by atoms with Gasteiger partial charge in [0.05, 0.1) is 0 Å². The molecule has 5 aromatic rings. The highest BCUT2D eigenvalue weighted by molar-refractivity contribution is 6.30. The molecule has 2 N–H and O–H groups in total. The van der Waals surface area contributed by atoms with Crippen molar-refractivity contribution >= 4 is 23.2 Å². The van der Waals surface area contributed by atoms with Crippen LogP contribution < -0.4 is 5.32 Å². The topological polar surface area (TPSA) is 107 Å². The van der Waals surface area contributed by atoms with Gasteiger partial charge in [-0.15, -0.1) is 10.2 Å². The number of tetrazole rings is 1. The zero-order chi connectivity index (χ0) is 24.2. The van der Waals surface area contributed by atoms with Crippen LogP contribution in [0.1, 0.15) is 39.7 Å². The van der Waals surface area contributed by atoms with Gasteiger partial charge >= 0.3 is 0 Å². The Morgan fingerprint density at radius 2 is 1.80 bits per heavy atom. The monoisotopic (exact) mass is 484 g/mol. The summed E-state index contributed by atoms with van der Waals surface area (Å²) in [6.07, 6.45) is 1.58. The van der Waals surface area contributed by atoms with Crippen LogP contribution in [0.25, 0.3) is 0 Å². The molecule has 0 bridgehead atoms. The van der Waals surface area contributed by atoms with Crippen LogP contribution in [0.15, 0.2) is 73.1 Å². The number of aliphatic hydroxyl groups is 1. The fourth-order valence-corrected chi connectivity index (χ4v) is 4.86. The van der Waals surface area contributed by atoms with Crippen LogP contribution in [0.5, 0.6) is 0 Å². The van der Waals surface area contributed by atoms with Crippen LogP contribution >= 0.6 is 11.6 Å². The molecular weight excluding hydrogens is 464 g/mol. The first-order chi connectivity index (χ1) is 16.9. The molecular formula is C25H21ClN8O. The lowest BCUT2D eigenvalue weighted by molar-refractivity contribution is 0.112. The summed E-state index contributed by atoms with van der Waals surface area (Å²) in [5.41, 5.74) is 3.52. The second kappa shape index (κ2) is 8.00. The fourth-order valence-electron chi connectivity index (χ4n) is 4.66. The van der Waals surface area contributed by atoms with Crippen molar-refractivity contribution in [3.05, 3.63) is 112 Å². The number of rotatable bonds is 4. The smallest absolute Gasteiger partial charge is 0.248 e. The summed E-state index contributed by atoms with van der Waals surface area (Å²) in [5, 5.41) is 36.8. The van der Waals surface area contributed by atoms with Gasteiger partial charge in [0.2, 0.25) is 5.95 Å². The lowest BCUT2D eigenvalue weighted by Gasteiger charge is -2.32. The Morgan fingerprint density at radius 3 is 2.54 bits per heavy atom. The highest BCUT2D eigenvalue weighted by atomic mass is 35.5. The van der Waals surface area contributed by atoms with E-state index < -0.39 is 5.60 Å². The first-order valence-corrected chi connectivity index (χ1v) is 11.4. The van der Waals surface area contributed by atoms with E-state index in [-0.39, 0.29) is 6.04 Å². The minimum atomic E-state index is -1.55. The second-order valence-electron chi connectivity index (χ2n) is 8.67. The van der Waals surface area contributed by atoms with Crippen molar-refractivity contribution < 1.29 is 5.11 Å². The van der Waals surface area contributed by atoms with Crippen LogP contribution in [0.3, 0.4) is 0 Å². The quantitative estimate of drug-likeness (QED) is 0.392. The number of aromatic nitrogens is 7. The number of aryl methyl sites for hydroxylation is 2. The predicted octanol–water partition coefficient (Wildman–Crippen LogP) is 3.74. The molecule has 0 fully saturated rings. The van der Waals surface area contributed by atoms with Gasteiger partial charge in [-0.05, 0) is 58.3 Å². The number of benzene rings is 3. The number of hydrogen-bond donors (Lipinski definition) is 2. The number of fused-ring (bicyclic) bond motifs is 2. The van der Waals surface area contributed by atoms with Crippen molar-refractivity contribution in [2.75, 3.05) is 5.32 Å². The molecule has 10 heteroatoms. The average Bonchev–Trinajstić information content (AvgIpc) is 3.51. The molecule has 0 saturated heterocycles. The van der Waals surface area contributed by atoms with Crippen molar-refractivity contribution in [3.8, 4) is 0 Å². The molecule has 0 amide bonds. The maximum atomic E-state index is 12.3. The molecule has 0 saturated carbocycles. The van der Waals surface area contributed by atoms with E-state index in [1.165, 1.54) is 0 Å². The van der Waals surface area contributed by atoms with E-state index in [9.17, 15) is 5.11 Å². The number of nitrogens with one attached hydrogen (secondary N) is 1. The van der Waals surface area contributed by atoms with Crippen LogP contribution in [0, 0.1) is 6.92 Å². The van der Waals surface area contributed by atoms with E-state index in [0.29, 0.717) is 27.9 Å². The number of anilines is 2. The van der Waals surface area contributed by atoms with E-state index in [1.807, 2.05) is 80.7 Å². The van der Waals surface area contributed by atoms with Gasteiger partial charge in [-0.25, -0.2) is 0 Å². The lowest BCUT2D eigenvalue weighted by Crippen LogP contribution is -2.33. The highest BCUT2D eigenvalue weighted by Crippen LogP contribution is 2.43. The minimum Gasteiger partial charge on any atom is -0.373 e.